The van der Waals surface area contributed by atoms with Gasteiger partial charge in [0.05, 0.1) is 27.8 Å². The second-order valence-corrected chi connectivity index (χ2v) is 12.7. The number of anilines is 1. The maximum atomic E-state index is 13.6. The molecule has 3 heterocycles. The standard InChI is InChI=1S/C25H28ClN3O4S2/c1-17-4-2-12-28(15-17)35(31,32)21-9-6-18(7-10-21)24(30)29(16-20-5-3-13-33-20)25-27-22-11-8-19(26)14-23(22)34-25/h6-11,14,17,20H,2-5,12-13,15-16H2,1H3. The van der Waals surface area contributed by atoms with Gasteiger partial charge in [-0.1, -0.05) is 29.9 Å². The van der Waals surface area contributed by atoms with Crippen LogP contribution in [0.2, 0.25) is 5.02 Å². The van der Waals surface area contributed by atoms with E-state index in [2.05, 4.69) is 11.9 Å². The molecule has 2 saturated heterocycles. The lowest BCUT2D eigenvalue weighted by molar-refractivity contribution is 0.0917. The maximum Gasteiger partial charge on any atom is 0.260 e. The number of aromatic nitrogens is 1. The van der Waals surface area contributed by atoms with Crippen LogP contribution in [-0.2, 0) is 14.8 Å². The molecule has 0 radical (unpaired) electrons. The van der Waals surface area contributed by atoms with E-state index in [1.165, 1.54) is 23.5 Å². The molecule has 2 atom stereocenters. The molecule has 2 aliphatic heterocycles. The molecule has 10 heteroatoms. The van der Waals surface area contributed by atoms with Crippen molar-refractivity contribution in [3.8, 4) is 0 Å². The number of carbonyl (C=O) groups is 1. The molecule has 35 heavy (non-hydrogen) atoms. The highest BCUT2D eigenvalue weighted by molar-refractivity contribution is 7.89. The fourth-order valence-electron chi connectivity index (χ4n) is 4.68. The van der Waals surface area contributed by atoms with Crippen LogP contribution in [0.25, 0.3) is 10.2 Å². The minimum atomic E-state index is -3.58. The molecule has 2 unspecified atom stereocenters. The molecular formula is C25H28ClN3O4S2. The van der Waals surface area contributed by atoms with Crippen molar-refractivity contribution in [3.05, 3.63) is 53.1 Å². The number of carbonyl (C=O) groups excluding carboxylic acids is 1. The first kappa shape index (κ1) is 24.6. The van der Waals surface area contributed by atoms with Gasteiger partial charge in [-0.15, -0.1) is 0 Å². The number of benzene rings is 2. The molecule has 2 aliphatic rings. The van der Waals surface area contributed by atoms with Gasteiger partial charge in [-0.2, -0.15) is 4.31 Å². The van der Waals surface area contributed by atoms with Crippen LogP contribution in [-0.4, -0.2) is 56.0 Å². The summed E-state index contributed by atoms with van der Waals surface area (Å²) < 4.78 is 34.5. The zero-order valence-electron chi connectivity index (χ0n) is 19.5. The predicted octanol–water partition coefficient (Wildman–Crippen LogP) is 5.20. The van der Waals surface area contributed by atoms with Crippen LogP contribution in [0, 0.1) is 5.92 Å². The van der Waals surface area contributed by atoms with Gasteiger partial charge in [0.25, 0.3) is 5.91 Å². The number of amides is 1. The van der Waals surface area contributed by atoms with Crippen LogP contribution >= 0.6 is 22.9 Å². The van der Waals surface area contributed by atoms with E-state index in [0.29, 0.717) is 47.9 Å². The highest BCUT2D eigenvalue weighted by Crippen LogP contribution is 2.33. The third-order valence-corrected chi connectivity index (χ3v) is 9.74. The summed E-state index contributed by atoms with van der Waals surface area (Å²) in [5, 5.41) is 1.19. The number of fused-ring (bicyclic) bond motifs is 1. The number of piperidine rings is 1. The fourth-order valence-corrected chi connectivity index (χ4v) is 7.53. The first-order chi connectivity index (χ1) is 16.8. The lowest BCUT2D eigenvalue weighted by Gasteiger charge is -2.30. The van der Waals surface area contributed by atoms with E-state index < -0.39 is 10.0 Å². The van der Waals surface area contributed by atoms with Crippen molar-refractivity contribution in [3.63, 3.8) is 0 Å². The van der Waals surface area contributed by atoms with Crippen molar-refractivity contribution in [2.45, 2.75) is 43.6 Å². The molecule has 1 aromatic heterocycles. The molecule has 2 aromatic carbocycles. The Morgan fingerprint density at radius 2 is 2.00 bits per heavy atom. The van der Waals surface area contributed by atoms with Crippen LogP contribution in [0.15, 0.2) is 47.4 Å². The molecule has 186 valence electrons. The van der Waals surface area contributed by atoms with Crippen molar-refractivity contribution >= 4 is 54.2 Å². The lowest BCUT2D eigenvalue weighted by Crippen LogP contribution is -2.39. The number of nitrogens with zero attached hydrogens (tertiary/aromatic N) is 3. The van der Waals surface area contributed by atoms with E-state index in [4.69, 9.17) is 16.3 Å². The monoisotopic (exact) mass is 533 g/mol. The molecule has 0 saturated carbocycles. The Morgan fingerprint density at radius 3 is 2.71 bits per heavy atom. The molecule has 3 aromatic rings. The second-order valence-electron chi connectivity index (χ2n) is 9.29. The topological polar surface area (TPSA) is 79.8 Å². The van der Waals surface area contributed by atoms with Gasteiger partial charge < -0.3 is 4.74 Å². The minimum Gasteiger partial charge on any atom is -0.376 e. The molecule has 0 N–H and O–H groups in total. The van der Waals surface area contributed by atoms with Crippen molar-refractivity contribution in [2.75, 3.05) is 31.1 Å². The largest absolute Gasteiger partial charge is 0.376 e. The first-order valence-electron chi connectivity index (χ1n) is 11.9. The lowest BCUT2D eigenvalue weighted by atomic mass is 10.0. The number of thiazole rings is 1. The van der Waals surface area contributed by atoms with Crippen LogP contribution < -0.4 is 4.90 Å². The van der Waals surface area contributed by atoms with Gasteiger partial charge >= 0.3 is 0 Å². The third-order valence-electron chi connectivity index (χ3n) is 6.58. The highest BCUT2D eigenvalue weighted by Gasteiger charge is 2.30. The molecule has 1 amide bonds. The van der Waals surface area contributed by atoms with Gasteiger partial charge in [0.2, 0.25) is 10.0 Å². The number of rotatable bonds is 6. The van der Waals surface area contributed by atoms with Crippen molar-refractivity contribution < 1.29 is 17.9 Å². The Labute approximate surface area is 214 Å². The molecule has 2 fully saturated rings. The van der Waals surface area contributed by atoms with E-state index in [1.807, 2.05) is 12.1 Å². The number of ether oxygens (including phenoxy) is 1. The zero-order chi connectivity index (χ0) is 24.6. The van der Waals surface area contributed by atoms with Crippen LogP contribution in [0.4, 0.5) is 5.13 Å². The zero-order valence-corrected chi connectivity index (χ0v) is 21.9. The van der Waals surface area contributed by atoms with Gasteiger partial charge in [-0.25, -0.2) is 13.4 Å². The summed E-state index contributed by atoms with van der Waals surface area (Å²) in [6, 6.07) is 11.7. The quantitative estimate of drug-likeness (QED) is 0.435. The summed E-state index contributed by atoms with van der Waals surface area (Å²) in [7, 11) is -3.58. The smallest absolute Gasteiger partial charge is 0.260 e. The number of hydrogen-bond donors (Lipinski definition) is 0. The van der Waals surface area contributed by atoms with Crippen molar-refractivity contribution in [1.29, 1.82) is 0 Å². The van der Waals surface area contributed by atoms with Gasteiger partial charge in [0.1, 0.15) is 0 Å². The van der Waals surface area contributed by atoms with Crippen molar-refractivity contribution in [2.24, 2.45) is 5.92 Å². The number of sulfonamides is 1. The summed E-state index contributed by atoms with van der Waals surface area (Å²) >= 11 is 7.55. The molecular weight excluding hydrogens is 506 g/mol. The van der Waals surface area contributed by atoms with Crippen LogP contribution in [0.1, 0.15) is 43.0 Å². The Bertz CT molecular complexity index is 1320. The maximum absolute atomic E-state index is 13.6. The van der Waals surface area contributed by atoms with E-state index in [0.717, 1.165) is 35.9 Å². The SMILES string of the molecule is CC1CCCN(S(=O)(=O)c2ccc(C(=O)N(CC3CCCO3)c3nc4ccc(Cl)cc4s3)cc2)C1. The van der Waals surface area contributed by atoms with Crippen LogP contribution in [0.3, 0.4) is 0 Å². The van der Waals surface area contributed by atoms with E-state index in [-0.39, 0.29) is 16.9 Å². The molecule has 7 nitrogen and oxygen atoms in total. The second kappa shape index (κ2) is 10.1. The van der Waals surface area contributed by atoms with Gasteiger partial charge in [0.15, 0.2) is 5.13 Å². The summed E-state index contributed by atoms with van der Waals surface area (Å²) in [4.78, 5) is 20.2. The Kier molecular flexibility index (Phi) is 7.14. The summed E-state index contributed by atoms with van der Waals surface area (Å²) in [6.45, 7) is 4.20. The average molecular weight is 534 g/mol. The van der Waals surface area contributed by atoms with Crippen LogP contribution in [0.5, 0.6) is 0 Å². The Morgan fingerprint density at radius 1 is 1.20 bits per heavy atom. The van der Waals surface area contributed by atoms with E-state index in [1.54, 1.807) is 27.4 Å². The van der Waals surface area contributed by atoms with Gasteiger partial charge in [-0.3, -0.25) is 9.69 Å². The minimum absolute atomic E-state index is 0.0599. The summed E-state index contributed by atoms with van der Waals surface area (Å²) in [5.41, 5.74) is 1.18. The fraction of sp³-hybridized carbons (Fsp3) is 0.440. The Balaban J connectivity index is 1.42. The number of halogens is 1. The summed E-state index contributed by atoms with van der Waals surface area (Å²) in [5.74, 6) is 0.107. The molecule has 0 aliphatic carbocycles. The highest BCUT2D eigenvalue weighted by atomic mass is 35.5. The third kappa shape index (κ3) is 5.24. The molecule has 5 rings (SSSR count). The Hall–Kier alpha value is -2.04. The average Bonchev–Trinajstić information content (AvgIpc) is 3.51. The predicted molar refractivity (Wildman–Crippen MR) is 139 cm³/mol. The van der Waals surface area contributed by atoms with Crippen molar-refractivity contribution in [1.82, 2.24) is 9.29 Å². The van der Waals surface area contributed by atoms with Gasteiger partial charge in [0, 0.05) is 30.3 Å². The molecule has 0 spiro atoms. The van der Waals surface area contributed by atoms with E-state index in [9.17, 15) is 13.2 Å². The summed E-state index contributed by atoms with van der Waals surface area (Å²) in [6.07, 6.45) is 3.69. The number of hydrogen-bond acceptors (Lipinski definition) is 6. The first-order valence-corrected chi connectivity index (χ1v) is 14.5. The normalized spacial score (nSPS) is 21.4. The van der Waals surface area contributed by atoms with E-state index >= 15 is 0 Å². The van der Waals surface area contributed by atoms with Gasteiger partial charge in [-0.05, 0) is 74.1 Å². The molecule has 0 bridgehead atoms.